The molecule has 3 nitrogen and oxygen atoms in total. The van der Waals surface area contributed by atoms with Gasteiger partial charge in [-0.1, -0.05) is 41.4 Å². The van der Waals surface area contributed by atoms with Gasteiger partial charge >= 0.3 is 0 Å². The Kier molecular flexibility index (Phi) is 4.73. The van der Waals surface area contributed by atoms with E-state index in [1.54, 1.807) is 25.3 Å². The van der Waals surface area contributed by atoms with Gasteiger partial charge in [0.15, 0.2) is 0 Å². The summed E-state index contributed by atoms with van der Waals surface area (Å²) in [5.74, 6) is 0.665. The molecule has 0 spiro atoms. The van der Waals surface area contributed by atoms with Gasteiger partial charge in [-0.2, -0.15) is 5.26 Å². The number of halogens is 2. The smallest absolute Gasteiger partial charge is 0.141 e. The van der Waals surface area contributed by atoms with Crippen molar-refractivity contribution in [3.63, 3.8) is 0 Å². The minimum absolute atomic E-state index is 0.450. The maximum absolute atomic E-state index is 9.35. The summed E-state index contributed by atoms with van der Waals surface area (Å²) in [6.45, 7) is 0. The third-order valence-corrected chi connectivity index (χ3v) is 3.37. The lowest BCUT2D eigenvalue weighted by Crippen LogP contribution is -2.10. The van der Waals surface area contributed by atoms with Gasteiger partial charge in [0.1, 0.15) is 11.8 Å². The van der Waals surface area contributed by atoms with Crippen LogP contribution in [-0.2, 0) is 0 Å². The molecule has 2 aromatic carbocycles. The zero-order chi connectivity index (χ0) is 14.5. The highest BCUT2D eigenvalue weighted by atomic mass is 35.5. The summed E-state index contributed by atoms with van der Waals surface area (Å²) in [5.41, 5.74) is 1.40. The third-order valence-electron chi connectivity index (χ3n) is 2.81. The van der Waals surface area contributed by atoms with E-state index in [0.717, 1.165) is 5.69 Å². The Hall–Kier alpha value is -1.89. The first-order chi connectivity index (χ1) is 9.65. The quantitative estimate of drug-likeness (QED) is 0.892. The molecule has 2 aromatic rings. The van der Waals surface area contributed by atoms with Crippen LogP contribution in [0.1, 0.15) is 11.6 Å². The molecule has 0 heterocycles. The molecule has 0 amide bonds. The van der Waals surface area contributed by atoms with Gasteiger partial charge in [0.25, 0.3) is 0 Å². The highest BCUT2D eigenvalue weighted by Gasteiger charge is 2.15. The fourth-order valence-corrected chi connectivity index (χ4v) is 2.35. The molecule has 20 heavy (non-hydrogen) atoms. The normalized spacial score (nSPS) is 11.5. The highest BCUT2D eigenvalue weighted by molar-refractivity contribution is 6.35. The van der Waals surface area contributed by atoms with E-state index in [9.17, 15) is 5.26 Å². The Labute approximate surface area is 127 Å². The van der Waals surface area contributed by atoms with Gasteiger partial charge in [-0.15, -0.1) is 0 Å². The summed E-state index contributed by atoms with van der Waals surface area (Å²) in [5, 5.41) is 13.4. The van der Waals surface area contributed by atoms with Gasteiger partial charge < -0.3 is 10.1 Å². The Morgan fingerprint density at radius 1 is 1.20 bits per heavy atom. The van der Waals surface area contributed by atoms with E-state index in [1.807, 2.05) is 24.3 Å². The first kappa shape index (κ1) is 14.5. The fraction of sp³-hybridized carbons (Fsp3) is 0.133. The Morgan fingerprint density at radius 2 is 1.95 bits per heavy atom. The second kappa shape index (κ2) is 6.51. The van der Waals surface area contributed by atoms with Gasteiger partial charge in [-0.05, 0) is 24.3 Å². The van der Waals surface area contributed by atoms with Crippen LogP contribution in [-0.4, -0.2) is 7.11 Å². The highest BCUT2D eigenvalue weighted by Crippen LogP contribution is 2.31. The van der Waals surface area contributed by atoms with Gasteiger partial charge in [0.2, 0.25) is 0 Å². The molecule has 0 radical (unpaired) electrons. The molecule has 0 aliphatic rings. The molecule has 0 saturated carbocycles. The van der Waals surface area contributed by atoms with Crippen LogP contribution < -0.4 is 10.1 Å². The zero-order valence-corrected chi connectivity index (χ0v) is 12.2. The van der Waals surface area contributed by atoms with Crippen LogP contribution in [0.15, 0.2) is 42.5 Å². The van der Waals surface area contributed by atoms with Crippen molar-refractivity contribution in [1.82, 2.24) is 0 Å². The topological polar surface area (TPSA) is 45.0 Å². The standard InChI is InChI=1S/C15H12Cl2N2O/c1-20-15-5-3-2-4-13(15)19-14(9-18)11-7-6-10(16)8-12(11)17/h2-8,14,19H,1H3. The average Bonchev–Trinajstić information content (AvgIpc) is 2.46. The molecular weight excluding hydrogens is 295 g/mol. The monoisotopic (exact) mass is 306 g/mol. The third kappa shape index (κ3) is 3.16. The van der Waals surface area contributed by atoms with Crippen molar-refractivity contribution in [2.24, 2.45) is 0 Å². The Morgan fingerprint density at radius 3 is 2.60 bits per heavy atom. The van der Waals surface area contributed by atoms with Crippen molar-refractivity contribution >= 4 is 28.9 Å². The maximum Gasteiger partial charge on any atom is 0.141 e. The van der Waals surface area contributed by atoms with Crippen LogP contribution in [0.5, 0.6) is 5.75 Å². The van der Waals surface area contributed by atoms with Crippen molar-refractivity contribution < 1.29 is 4.74 Å². The predicted molar refractivity (Wildman–Crippen MR) is 81.4 cm³/mol. The lowest BCUT2D eigenvalue weighted by Gasteiger charge is -2.17. The number of nitriles is 1. The van der Waals surface area contributed by atoms with Crippen molar-refractivity contribution in [1.29, 1.82) is 5.26 Å². The molecule has 102 valence electrons. The predicted octanol–water partition coefficient (Wildman–Crippen LogP) is 4.68. The number of nitrogens with zero attached hydrogens (tertiary/aromatic N) is 1. The van der Waals surface area contributed by atoms with E-state index in [0.29, 0.717) is 21.4 Å². The first-order valence-electron chi connectivity index (χ1n) is 5.90. The van der Waals surface area contributed by atoms with Crippen LogP contribution in [0, 0.1) is 11.3 Å². The first-order valence-corrected chi connectivity index (χ1v) is 6.65. The van der Waals surface area contributed by atoms with E-state index in [4.69, 9.17) is 27.9 Å². The molecule has 0 aliphatic carbocycles. The SMILES string of the molecule is COc1ccccc1NC(C#N)c1ccc(Cl)cc1Cl. The lowest BCUT2D eigenvalue weighted by molar-refractivity contribution is 0.416. The summed E-state index contributed by atoms with van der Waals surface area (Å²) in [6, 6.07) is 14.0. The summed E-state index contributed by atoms with van der Waals surface area (Å²) >= 11 is 12.0. The van der Waals surface area contributed by atoms with E-state index in [2.05, 4.69) is 11.4 Å². The van der Waals surface area contributed by atoms with Crippen molar-refractivity contribution in [2.75, 3.05) is 12.4 Å². The Bertz CT molecular complexity index is 653. The van der Waals surface area contributed by atoms with Crippen molar-refractivity contribution in [2.45, 2.75) is 6.04 Å². The van der Waals surface area contributed by atoms with Crippen LogP contribution >= 0.6 is 23.2 Å². The number of hydrogen-bond acceptors (Lipinski definition) is 3. The van der Waals surface area contributed by atoms with E-state index < -0.39 is 6.04 Å². The van der Waals surface area contributed by atoms with Gasteiger partial charge in [-0.3, -0.25) is 0 Å². The lowest BCUT2D eigenvalue weighted by atomic mass is 10.1. The van der Waals surface area contributed by atoms with E-state index in [-0.39, 0.29) is 0 Å². The largest absolute Gasteiger partial charge is 0.495 e. The maximum atomic E-state index is 9.35. The molecule has 0 bridgehead atoms. The van der Waals surface area contributed by atoms with Crippen LogP contribution in [0.3, 0.4) is 0 Å². The van der Waals surface area contributed by atoms with Gasteiger partial charge in [0.05, 0.1) is 18.9 Å². The number of nitrogens with one attached hydrogen (secondary N) is 1. The molecule has 2 rings (SSSR count). The molecule has 0 fully saturated rings. The molecule has 1 N–H and O–H groups in total. The number of methoxy groups -OCH3 is 1. The fourth-order valence-electron chi connectivity index (χ4n) is 1.83. The molecule has 0 saturated heterocycles. The second-order valence-electron chi connectivity index (χ2n) is 4.07. The Balaban J connectivity index is 2.32. The van der Waals surface area contributed by atoms with Crippen molar-refractivity contribution in [3.05, 3.63) is 58.1 Å². The van der Waals surface area contributed by atoms with Crippen LogP contribution in [0.25, 0.3) is 0 Å². The molecule has 1 atom stereocenters. The summed E-state index contributed by atoms with van der Waals surface area (Å²) in [7, 11) is 1.58. The number of hydrogen-bond donors (Lipinski definition) is 1. The molecular formula is C15H12Cl2N2O. The van der Waals surface area contributed by atoms with E-state index >= 15 is 0 Å². The number of benzene rings is 2. The summed E-state index contributed by atoms with van der Waals surface area (Å²) in [6.07, 6.45) is 0. The number of rotatable bonds is 4. The van der Waals surface area contributed by atoms with Gasteiger partial charge in [-0.25, -0.2) is 0 Å². The van der Waals surface area contributed by atoms with Crippen molar-refractivity contribution in [3.8, 4) is 11.8 Å². The van der Waals surface area contributed by atoms with Crippen LogP contribution in [0.2, 0.25) is 10.0 Å². The van der Waals surface area contributed by atoms with E-state index in [1.165, 1.54) is 0 Å². The molecule has 0 aromatic heterocycles. The minimum Gasteiger partial charge on any atom is -0.495 e. The number of anilines is 1. The van der Waals surface area contributed by atoms with Gasteiger partial charge in [0, 0.05) is 15.6 Å². The molecule has 1 unspecified atom stereocenters. The summed E-state index contributed by atoms with van der Waals surface area (Å²) in [4.78, 5) is 0. The minimum atomic E-state index is -0.587. The second-order valence-corrected chi connectivity index (χ2v) is 4.92. The van der Waals surface area contributed by atoms with Crippen LogP contribution in [0.4, 0.5) is 5.69 Å². The average molecular weight is 307 g/mol. The zero-order valence-electron chi connectivity index (χ0n) is 10.7. The molecule has 0 aliphatic heterocycles. The number of ether oxygens (including phenoxy) is 1. The number of para-hydroxylation sites is 2. The summed E-state index contributed by atoms with van der Waals surface area (Å²) < 4.78 is 5.25. The molecule has 5 heteroatoms.